The molecule has 1 amide bonds. The number of likely N-dealkylation sites (N-methyl/N-ethyl adjacent to an activating group) is 1. The standard InChI is InChI=1S/C20H24N4O2S/c1-4-24(5-2)18(17-10-11-27-13-17)12-21-19(25)15-6-8-16(9-7-15)20-22-14(3)23-26-20/h6-11,13,18H,4-5,12H2,1-3H3,(H,21,25)/t18-/m0/s1. The molecule has 27 heavy (non-hydrogen) atoms. The molecule has 1 atom stereocenters. The zero-order valence-corrected chi connectivity index (χ0v) is 16.6. The summed E-state index contributed by atoms with van der Waals surface area (Å²) in [7, 11) is 0. The number of carbonyl (C=O) groups is 1. The Balaban J connectivity index is 1.67. The van der Waals surface area contributed by atoms with Crippen molar-refractivity contribution in [2.45, 2.75) is 26.8 Å². The molecule has 0 spiro atoms. The van der Waals surface area contributed by atoms with Gasteiger partial charge in [-0.25, -0.2) is 0 Å². The fraction of sp³-hybridized carbons (Fsp3) is 0.350. The van der Waals surface area contributed by atoms with Gasteiger partial charge in [0.15, 0.2) is 5.82 Å². The lowest BCUT2D eigenvalue weighted by molar-refractivity contribution is 0.0935. The molecule has 0 aliphatic rings. The van der Waals surface area contributed by atoms with Crippen LogP contribution >= 0.6 is 11.3 Å². The second kappa shape index (κ2) is 8.92. The molecule has 0 bridgehead atoms. The summed E-state index contributed by atoms with van der Waals surface area (Å²) in [4.78, 5) is 19.1. The van der Waals surface area contributed by atoms with Crippen molar-refractivity contribution in [1.29, 1.82) is 0 Å². The van der Waals surface area contributed by atoms with Crippen molar-refractivity contribution >= 4 is 17.2 Å². The third kappa shape index (κ3) is 4.61. The van der Waals surface area contributed by atoms with Gasteiger partial charge in [0, 0.05) is 17.7 Å². The molecule has 3 rings (SSSR count). The highest BCUT2D eigenvalue weighted by molar-refractivity contribution is 7.07. The summed E-state index contributed by atoms with van der Waals surface area (Å²) in [6.45, 7) is 8.50. The molecule has 0 unspecified atom stereocenters. The van der Waals surface area contributed by atoms with E-state index in [2.05, 4.69) is 51.0 Å². The predicted octanol–water partition coefficient (Wildman–Crippen LogP) is 3.92. The molecule has 0 saturated heterocycles. The van der Waals surface area contributed by atoms with Crippen LogP contribution in [0.4, 0.5) is 0 Å². The first-order valence-corrected chi connectivity index (χ1v) is 10.0. The van der Waals surface area contributed by atoms with Crippen LogP contribution in [0.2, 0.25) is 0 Å². The summed E-state index contributed by atoms with van der Waals surface area (Å²) in [6.07, 6.45) is 0. The molecular weight excluding hydrogens is 360 g/mol. The quantitative estimate of drug-likeness (QED) is 0.637. The maximum atomic E-state index is 12.6. The Bertz CT molecular complexity index is 855. The van der Waals surface area contributed by atoms with Gasteiger partial charge in [-0.2, -0.15) is 16.3 Å². The van der Waals surface area contributed by atoms with Gasteiger partial charge in [0.25, 0.3) is 11.8 Å². The Hall–Kier alpha value is -2.51. The number of rotatable bonds is 8. The minimum Gasteiger partial charge on any atom is -0.350 e. The Morgan fingerprint density at radius 3 is 2.52 bits per heavy atom. The number of nitrogens with zero attached hydrogens (tertiary/aromatic N) is 3. The van der Waals surface area contributed by atoms with E-state index in [1.165, 1.54) is 5.56 Å². The second-order valence-corrected chi connectivity index (χ2v) is 7.01. The fourth-order valence-corrected chi connectivity index (χ4v) is 3.76. The first-order valence-electron chi connectivity index (χ1n) is 9.07. The van der Waals surface area contributed by atoms with Gasteiger partial charge in [-0.05, 0) is 66.7 Å². The predicted molar refractivity (Wildman–Crippen MR) is 107 cm³/mol. The largest absolute Gasteiger partial charge is 0.350 e. The van der Waals surface area contributed by atoms with E-state index >= 15 is 0 Å². The zero-order chi connectivity index (χ0) is 19.2. The van der Waals surface area contributed by atoms with Gasteiger partial charge in [0.2, 0.25) is 0 Å². The number of benzene rings is 1. The highest BCUT2D eigenvalue weighted by Crippen LogP contribution is 2.22. The van der Waals surface area contributed by atoms with Gasteiger partial charge in [-0.3, -0.25) is 9.69 Å². The number of carbonyl (C=O) groups excluding carboxylic acids is 1. The van der Waals surface area contributed by atoms with E-state index in [0.717, 1.165) is 18.7 Å². The lowest BCUT2D eigenvalue weighted by atomic mass is 10.1. The lowest BCUT2D eigenvalue weighted by Crippen LogP contribution is -2.37. The van der Waals surface area contributed by atoms with Crippen LogP contribution in [-0.2, 0) is 0 Å². The van der Waals surface area contributed by atoms with E-state index in [1.807, 2.05) is 12.1 Å². The summed E-state index contributed by atoms with van der Waals surface area (Å²) in [5, 5.41) is 11.1. The molecule has 0 fully saturated rings. The van der Waals surface area contributed by atoms with Gasteiger partial charge in [0.05, 0.1) is 6.04 Å². The van der Waals surface area contributed by atoms with E-state index < -0.39 is 0 Å². The Kier molecular flexibility index (Phi) is 6.36. The molecule has 142 valence electrons. The molecule has 3 aromatic rings. The monoisotopic (exact) mass is 384 g/mol. The van der Waals surface area contributed by atoms with E-state index in [9.17, 15) is 4.79 Å². The third-order valence-corrected chi connectivity index (χ3v) is 5.26. The van der Waals surface area contributed by atoms with Crippen LogP contribution in [0.15, 0.2) is 45.6 Å². The maximum Gasteiger partial charge on any atom is 0.257 e. The van der Waals surface area contributed by atoms with Gasteiger partial charge in [-0.15, -0.1) is 0 Å². The highest BCUT2D eigenvalue weighted by Gasteiger charge is 2.19. The lowest BCUT2D eigenvalue weighted by Gasteiger charge is -2.29. The molecular formula is C20H24N4O2S. The number of nitrogens with one attached hydrogen (secondary N) is 1. The number of aryl methyl sites for hydroxylation is 1. The number of hydrogen-bond acceptors (Lipinski definition) is 6. The molecule has 6 nitrogen and oxygen atoms in total. The van der Waals surface area contributed by atoms with Gasteiger partial charge >= 0.3 is 0 Å². The summed E-state index contributed by atoms with van der Waals surface area (Å²) in [5.74, 6) is 0.955. The average molecular weight is 385 g/mol. The minimum atomic E-state index is -0.0874. The van der Waals surface area contributed by atoms with Crippen molar-refractivity contribution in [3.8, 4) is 11.5 Å². The highest BCUT2D eigenvalue weighted by atomic mass is 32.1. The molecule has 1 N–H and O–H groups in total. The number of hydrogen-bond donors (Lipinski definition) is 1. The van der Waals surface area contributed by atoms with Crippen molar-refractivity contribution in [3.63, 3.8) is 0 Å². The molecule has 0 saturated carbocycles. The van der Waals surface area contributed by atoms with E-state index in [0.29, 0.717) is 23.8 Å². The van der Waals surface area contributed by atoms with Crippen molar-refractivity contribution in [2.75, 3.05) is 19.6 Å². The SMILES string of the molecule is CCN(CC)[C@@H](CNC(=O)c1ccc(-c2nc(C)no2)cc1)c1ccsc1. The van der Waals surface area contributed by atoms with E-state index in [4.69, 9.17) is 4.52 Å². The van der Waals surface area contributed by atoms with Crippen molar-refractivity contribution in [3.05, 3.63) is 58.0 Å². The third-order valence-electron chi connectivity index (χ3n) is 4.56. The Morgan fingerprint density at radius 1 is 1.22 bits per heavy atom. The normalized spacial score (nSPS) is 12.3. The Labute approximate surface area is 163 Å². The van der Waals surface area contributed by atoms with Gasteiger partial charge < -0.3 is 9.84 Å². The zero-order valence-electron chi connectivity index (χ0n) is 15.8. The van der Waals surface area contributed by atoms with E-state index in [1.54, 1.807) is 30.4 Å². The molecule has 0 radical (unpaired) electrons. The number of aromatic nitrogens is 2. The molecule has 2 heterocycles. The first-order chi connectivity index (χ1) is 13.1. The minimum absolute atomic E-state index is 0.0874. The van der Waals surface area contributed by atoms with Crippen LogP contribution in [-0.4, -0.2) is 40.6 Å². The van der Waals surface area contributed by atoms with Crippen molar-refractivity contribution in [1.82, 2.24) is 20.4 Å². The average Bonchev–Trinajstić information content (AvgIpc) is 3.37. The smallest absolute Gasteiger partial charge is 0.257 e. The van der Waals surface area contributed by atoms with Gasteiger partial charge in [0.1, 0.15) is 0 Å². The molecule has 0 aliphatic heterocycles. The van der Waals surface area contributed by atoms with Gasteiger partial charge in [-0.1, -0.05) is 19.0 Å². The first kappa shape index (κ1) is 19.3. The van der Waals surface area contributed by atoms with Crippen LogP contribution in [0.5, 0.6) is 0 Å². The van der Waals surface area contributed by atoms with Crippen LogP contribution in [0, 0.1) is 6.92 Å². The van der Waals surface area contributed by atoms with Crippen LogP contribution < -0.4 is 5.32 Å². The van der Waals surface area contributed by atoms with Crippen LogP contribution in [0.3, 0.4) is 0 Å². The summed E-state index contributed by atoms with van der Waals surface area (Å²) >= 11 is 1.68. The molecule has 1 aromatic carbocycles. The van der Waals surface area contributed by atoms with Crippen molar-refractivity contribution in [2.24, 2.45) is 0 Å². The molecule has 0 aliphatic carbocycles. The number of thiophene rings is 1. The van der Waals surface area contributed by atoms with E-state index in [-0.39, 0.29) is 11.9 Å². The number of amides is 1. The topological polar surface area (TPSA) is 71.3 Å². The molecule has 7 heteroatoms. The second-order valence-electron chi connectivity index (χ2n) is 6.23. The summed E-state index contributed by atoms with van der Waals surface area (Å²) in [6, 6.07) is 9.50. The van der Waals surface area contributed by atoms with Crippen molar-refractivity contribution < 1.29 is 9.32 Å². The fourth-order valence-electron chi connectivity index (χ4n) is 3.06. The summed E-state index contributed by atoms with van der Waals surface area (Å²) in [5.41, 5.74) is 2.65. The molecule has 2 aromatic heterocycles. The van der Waals surface area contributed by atoms with Crippen LogP contribution in [0.25, 0.3) is 11.5 Å². The maximum absolute atomic E-state index is 12.6. The summed E-state index contributed by atoms with van der Waals surface area (Å²) < 4.78 is 5.16. The van der Waals surface area contributed by atoms with Crippen LogP contribution in [0.1, 0.15) is 41.6 Å². The Morgan fingerprint density at radius 2 is 1.96 bits per heavy atom.